The van der Waals surface area contributed by atoms with Crippen molar-refractivity contribution in [2.24, 2.45) is 0 Å². The quantitative estimate of drug-likeness (QED) is 0.598. The molecule has 0 saturated carbocycles. The van der Waals surface area contributed by atoms with Crippen molar-refractivity contribution in [3.05, 3.63) is 27.9 Å². The van der Waals surface area contributed by atoms with E-state index in [0.717, 1.165) is 0 Å². The molecule has 0 aliphatic carbocycles. The summed E-state index contributed by atoms with van der Waals surface area (Å²) in [7, 11) is 0. The number of nitrogens with zero attached hydrogens (tertiary/aromatic N) is 1. The van der Waals surface area contributed by atoms with Gasteiger partial charge in [0.05, 0.1) is 30.4 Å². The van der Waals surface area contributed by atoms with Gasteiger partial charge in [0.15, 0.2) is 6.29 Å². The van der Waals surface area contributed by atoms with Gasteiger partial charge in [0.2, 0.25) is 0 Å². The molecule has 0 radical (unpaired) electrons. The molecule has 0 amide bonds. The molecule has 0 unspecified atom stereocenters. The molecule has 2 aromatic rings. The number of aromatic nitrogens is 1. The number of aldehydes is 1. The number of carbonyl (C=O) groups is 3. The van der Waals surface area contributed by atoms with Gasteiger partial charge in [-0.3, -0.25) is 9.59 Å². The van der Waals surface area contributed by atoms with Gasteiger partial charge in [0.25, 0.3) is 0 Å². The Morgan fingerprint density at radius 3 is 2.65 bits per heavy atom. The number of hydrogen-bond donors (Lipinski definition) is 0. The Morgan fingerprint density at radius 1 is 1.39 bits per heavy atom. The summed E-state index contributed by atoms with van der Waals surface area (Å²) in [5.41, 5.74) is 1.91. The van der Waals surface area contributed by atoms with E-state index in [1.54, 1.807) is 37.5 Å². The summed E-state index contributed by atoms with van der Waals surface area (Å²) in [6.45, 7) is 7.26. The van der Waals surface area contributed by atoms with Crippen LogP contribution in [0.4, 0.5) is 0 Å². The van der Waals surface area contributed by atoms with E-state index in [4.69, 9.17) is 9.47 Å². The van der Waals surface area contributed by atoms with Crippen LogP contribution < -0.4 is 0 Å². The second kappa shape index (κ2) is 6.95. The molecule has 2 heterocycles. The Kier molecular flexibility index (Phi) is 5.20. The second-order valence-electron chi connectivity index (χ2n) is 5.31. The first kappa shape index (κ1) is 17.2. The van der Waals surface area contributed by atoms with Gasteiger partial charge in [-0.15, -0.1) is 11.3 Å². The summed E-state index contributed by atoms with van der Waals surface area (Å²) in [5.74, 6) is -0.839. The zero-order chi connectivity index (χ0) is 17.1. The third-order valence-corrected chi connectivity index (χ3v) is 4.30. The van der Waals surface area contributed by atoms with Crippen LogP contribution in [0, 0.1) is 6.92 Å². The van der Waals surface area contributed by atoms with E-state index in [1.165, 1.54) is 11.3 Å². The number of hydrogen-bond acceptors (Lipinski definition) is 6. The second-order valence-corrected chi connectivity index (χ2v) is 6.16. The van der Waals surface area contributed by atoms with E-state index in [0.29, 0.717) is 40.2 Å². The van der Waals surface area contributed by atoms with Crippen molar-refractivity contribution in [2.75, 3.05) is 6.61 Å². The fraction of sp³-hybridized carbons (Fsp3) is 0.438. The van der Waals surface area contributed by atoms with Crippen LogP contribution in [0.15, 0.2) is 5.38 Å². The lowest BCUT2D eigenvalue weighted by Gasteiger charge is -2.07. The summed E-state index contributed by atoms with van der Waals surface area (Å²) in [4.78, 5) is 36.1. The fourth-order valence-electron chi connectivity index (χ4n) is 2.39. The van der Waals surface area contributed by atoms with Crippen LogP contribution in [0.25, 0.3) is 4.83 Å². The van der Waals surface area contributed by atoms with Crippen molar-refractivity contribution in [3.8, 4) is 0 Å². The van der Waals surface area contributed by atoms with Crippen LogP contribution in [0.1, 0.15) is 52.9 Å². The van der Waals surface area contributed by atoms with E-state index in [-0.39, 0.29) is 18.5 Å². The predicted molar refractivity (Wildman–Crippen MR) is 86.3 cm³/mol. The lowest BCUT2D eigenvalue weighted by molar-refractivity contribution is -0.142. The zero-order valence-electron chi connectivity index (χ0n) is 13.5. The monoisotopic (exact) mass is 337 g/mol. The lowest BCUT2D eigenvalue weighted by atomic mass is 10.2. The van der Waals surface area contributed by atoms with Gasteiger partial charge in [0.1, 0.15) is 4.83 Å². The molecule has 0 atom stereocenters. The number of thiazole rings is 1. The van der Waals surface area contributed by atoms with E-state index in [1.807, 2.05) is 0 Å². The number of rotatable bonds is 6. The van der Waals surface area contributed by atoms with E-state index >= 15 is 0 Å². The topological polar surface area (TPSA) is 74.1 Å². The fourth-order valence-corrected chi connectivity index (χ4v) is 3.50. The molecule has 2 rings (SSSR count). The van der Waals surface area contributed by atoms with Gasteiger partial charge in [0, 0.05) is 11.1 Å². The van der Waals surface area contributed by atoms with Crippen LogP contribution in [-0.4, -0.2) is 35.3 Å². The minimum Gasteiger partial charge on any atom is -0.466 e. The molecular weight excluding hydrogens is 318 g/mol. The third kappa shape index (κ3) is 3.29. The Hall–Kier alpha value is -2.15. The largest absolute Gasteiger partial charge is 0.466 e. The normalized spacial score (nSPS) is 11.0. The molecule has 0 saturated heterocycles. The zero-order valence-corrected chi connectivity index (χ0v) is 14.4. The third-order valence-electron chi connectivity index (χ3n) is 3.30. The summed E-state index contributed by atoms with van der Waals surface area (Å²) in [5, 5.41) is 1.75. The van der Waals surface area contributed by atoms with E-state index in [2.05, 4.69) is 0 Å². The average Bonchev–Trinajstić information content (AvgIpc) is 2.95. The molecule has 7 heteroatoms. The lowest BCUT2D eigenvalue weighted by Crippen LogP contribution is -2.12. The molecule has 0 aliphatic rings. The van der Waals surface area contributed by atoms with Gasteiger partial charge in [-0.25, -0.2) is 4.79 Å². The number of esters is 2. The van der Waals surface area contributed by atoms with Crippen molar-refractivity contribution in [1.29, 1.82) is 0 Å². The summed E-state index contributed by atoms with van der Waals surface area (Å²) in [6.07, 6.45) is 0.479. The van der Waals surface area contributed by atoms with Crippen LogP contribution in [0.3, 0.4) is 0 Å². The molecule has 0 aromatic carbocycles. The van der Waals surface area contributed by atoms with Crippen molar-refractivity contribution in [1.82, 2.24) is 4.40 Å². The minimum absolute atomic E-state index is 0.0431. The SMILES string of the molecule is CCOC(=O)Cc1csc2c(C(=O)OC(C)C)c(C)c(C=O)n12. The van der Waals surface area contributed by atoms with Crippen LogP contribution >= 0.6 is 11.3 Å². The molecule has 23 heavy (non-hydrogen) atoms. The summed E-state index contributed by atoms with van der Waals surface area (Å²) in [6, 6.07) is 0. The first-order valence-corrected chi connectivity index (χ1v) is 8.21. The van der Waals surface area contributed by atoms with Crippen molar-refractivity contribution in [3.63, 3.8) is 0 Å². The number of carbonyl (C=O) groups excluding carboxylic acids is 3. The van der Waals surface area contributed by atoms with Gasteiger partial charge < -0.3 is 13.9 Å². The van der Waals surface area contributed by atoms with Gasteiger partial charge in [-0.1, -0.05) is 0 Å². The maximum Gasteiger partial charge on any atom is 0.341 e. The minimum atomic E-state index is -0.465. The van der Waals surface area contributed by atoms with Crippen molar-refractivity contribution >= 4 is 34.4 Å². The molecule has 2 aromatic heterocycles. The van der Waals surface area contributed by atoms with Gasteiger partial charge in [-0.2, -0.15) is 0 Å². The van der Waals surface area contributed by atoms with Crippen LogP contribution in [-0.2, 0) is 20.7 Å². The van der Waals surface area contributed by atoms with Gasteiger partial charge >= 0.3 is 11.9 Å². The molecule has 6 nitrogen and oxygen atoms in total. The Labute approximate surface area is 138 Å². The smallest absolute Gasteiger partial charge is 0.341 e. The summed E-state index contributed by atoms with van der Waals surface area (Å²) < 4.78 is 11.8. The Bertz CT molecular complexity index is 756. The van der Waals surface area contributed by atoms with Crippen molar-refractivity contribution < 1.29 is 23.9 Å². The van der Waals surface area contributed by atoms with Crippen LogP contribution in [0.5, 0.6) is 0 Å². The van der Waals surface area contributed by atoms with E-state index < -0.39 is 5.97 Å². The molecule has 0 spiro atoms. The maximum absolute atomic E-state index is 12.3. The number of fused-ring (bicyclic) bond motifs is 1. The first-order valence-electron chi connectivity index (χ1n) is 7.33. The molecule has 124 valence electrons. The predicted octanol–water partition coefficient (Wildman–Crippen LogP) is 2.79. The highest BCUT2D eigenvalue weighted by Gasteiger charge is 2.25. The molecule has 0 bridgehead atoms. The van der Waals surface area contributed by atoms with E-state index in [9.17, 15) is 14.4 Å². The highest BCUT2D eigenvalue weighted by molar-refractivity contribution is 7.16. The molecule has 0 N–H and O–H groups in total. The Balaban J connectivity index is 2.53. The molecule has 0 aliphatic heterocycles. The van der Waals surface area contributed by atoms with Crippen LogP contribution in [0.2, 0.25) is 0 Å². The number of ether oxygens (including phenoxy) is 2. The highest BCUT2D eigenvalue weighted by atomic mass is 32.1. The highest BCUT2D eigenvalue weighted by Crippen LogP contribution is 2.30. The first-order chi connectivity index (χ1) is 10.9. The van der Waals surface area contributed by atoms with Gasteiger partial charge in [-0.05, 0) is 33.3 Å². The standard InChI is InChI=1S/C16H19NO5S/c1-5-21-13(19)6-11-8-23-15-14(16(20)22-9(2)3)10(4)12(7-18)17(11)15/h7-9H,5-6H2,1-4H3. The average molecular weight is 337 g/mol. The summed E-state index contributed by atoms with van der Waals surface area (Å²) >= 11 is 1.30. The molecular formula is C16H19NO5S. The molecule has 0 fully saturated rings. The van der Waals surface area contributed by atoms with Crippen molar-refractivity contribution in [2.45, 2.75) is 40.2 Å². The maximum atomic E-state index is 12.3. The Morgan fingerprint density at radius 2 is 2.09 bits per heavy atom.